The molecule has 2 heterocycles. The molecular weight excluding hydrogens is 288 g/mol. The minimum atomic E-state index is 0.575. The summed E-state index contributed by atoms with van der Waals surface area (Å²) in [5.74, 6) is 1.18. The Hall–Kier alpha value is -2.73. The van der Waals surface area contributed by atoms with Crippen molar-refractivity contribution in [2.45, 2.75) is 0 Å². The average molecular weight is 297 g/mol. The molecule has 0 atom stereocenters. The van der Waals surface area contributed by atoms with Crippen LogP contribution in [0.15, 0.2) is 48.5 Å². The summed E-state index contributed by atoms with van der Waals surface area (Å²) in [4.78, 5) is 7.70. The fourth-order valence-electron chi connectivity index (χ4n) is 2.15. The van der Waals surface area contributed by atoms with Crippen LogP contribution in [0, 0.1) is 0 Å². The standard InChI is InChI=1S/C14H9ClN6/c15-10-7-5-9(6-8-10)13-18-19-20-21(13)14-16-11-3-1-2-4-12(11)17-14/h1-8H,(H,16,17). The number of benzene rings is 2. The molecule has 0 fully saturated rings. The minimum absolute atomic E-state index is 0.575. The topological polar surface area (TPSA) is 72.3 Å². The highest BCUT2D eigenvalue weighted by molar-refractivity contribution is 6.30. The van der Waals surface area contributed by atoms with Gasteiger partial charge < -0.3 is 4.98 Å². The molecular formula is C14H9ClN6. The SMILES string of the molecule is Clc1ccc(-c2nnnn2-c2nc3ccccc3[nH]2)cc1. The van der Waals surface area contributed by atoms with E-state index in [-0.39, 0.29) is 0 Å². The molecule has 2 aromatic heterocycles. The van der Waals surface area contributed by atoms with Gasteiger partial charge in [-0.05, 0) is 46.8 Å². The van der Waals surface area contributed by atoms with Crippen LogP contribution in [0.2, 0.25) is 5.02 Å². The van der Waals surface area contributed by atoms with E-state index < -0.39 is 0 Å². The number of fused-ring (bicyclic) bond motifs is 1. The number of nitrogens with one attached hydrogen (secondary N) is 1. The van der Waals surface area contributed by atoms with Gasteiger partial charge in [0.05, 0.1) is 11.0 Å². The molecule has 0 radical (unpaired) electrons. The minimum Gasteiger partial charge on any atom is -0.322 e. The van der Waals surface area contributed by atoms with Crippen LogP contribution in [0.1, 0.15) is 0 Å². The van der Waals surface area contributed by atoms with E-state index in [1.165, 1.54) is 0 Å². The lowest BCUT2D eigenvalue weighted by Gasteiger charge is -2.00. The molecule has 7 heteroatoms. The van der Waals surface area contributed by atoms with Gasteiger partial charge in [-0.25, -0.2) is 4.98 Å². The Balaban J connectivity index is 1.86. The molecule has 0 saturated carbocycles. The van der Waals surface area contributed by atoms with Crippen molar-refractivity contribution in [2.75, 3.05) is 0 Å². The van der Waals surface area contributed by atoms with Gasteiger partial charge in [0.2, 0.25) is 5.95 Å². The van der Waals surface area contributed by atoms with Gasteiger partial charge in [0.15, 0.2) is 5.82 Å². The number of tetrazole rings is 1. The zero-order chi connectivity index (χ0) is 14.2. The highest BCUT2D eigenvalue weighted by atomic mass is 35.5. The van der Waals surface area contributed by atoms with E-state index in [9.17, 15) is 0 Å². The summed E-state index contributed by atoms with van der Waals surface area (Å²) in [6, 6.07) is 15.1. The number of hydrogen-bond acceptors (Lipinski definition) is 4. The number of rotatable bonds is 2. The molecule has 0 bridgehead atoms. The third-order valence-corrected chi connectivity index (χ3v) is 3.40. The smallest absolute Gasteiger partial charge is 0.232 e. The molecule has 6 nitrogen and oxygen atoms in total. The molecule has 0 amide bonds. The average Bonchev–Trinajstić information content (AvgIpc) is 3.14. The fourth-order valence-corrected chi connectivity index (χ4v) is 2.27. The number of nitrogens with zero attached hydrogens (tertiary/aromatic N) is 5. The first kappa shape index (κ1) is 12.0. The predicted octanol–water partition coefficient (Wildman–Crippen LogP) is 2.86. The first-order valence-electron chi connectivity index (χ1n) is 6.31. The van der Waals surface area contributed by atoms with Gasteiger partial charge in [-0.1, -0.05) is 23.7 Å². The van der Waals surface area contributed by atoms with Crippen LogP contribution in [-0.2, 0) is 0 Å². The molecule has 4 aromatic rings. The maximum atomic E-state index is 5.91. The van der Waals surface area contributed by atoms with Crippen molar-refractivity contribution in [2.24, 2.45) is 0 Å². The number of aromatic nitrogens is 6. The summed E-state index contributed by atoms with van der Waals surface area (Å²) in [5.41, 5.74) is 2.67. The first-order valence-corrected chi connectivity index (χ1v) is 6.68. The van der Waals surface area contributed by atoms with Crippen molar-refractivity contribution in [1.29, 1.82) is 0 Å². The number of aromatic amines is 1. The van der Waals surface area contributed by atoms with E-state index in [4.69, 9.17) is 11.6 Å². The highest BCUT2D eigenvalue weighted by Gasteiger charge is 2.13. The van der Waals surface area contributed by atoms with Crippen LogP contribution >= 0.6 is 11.6 Å². The number of H-pyrrole nitrogens is 1. The summed E-state index contributed by atoms with van der Waals surface area (Å²) in [6.45, 7) is 0. The highest BCUT2D eigenvalue weighted by Crippen LogP contribution is 2.21. The molecule has 0 aliphatic heterocycles. The van der Waals surface area contributed by atoms with Gasteiger partial charge in [-0.15, -0.1) is 5.10 Å². The van der Waals surface area contributed by atoms with Crippen LogP contribution in [0.5, 0.6) is 0 Å². The second kappa shape index (κ2) is 4.68. The zero-order valence-electron chi connectivity index (χ0n) is 10.7. The van der Waals surface area contributed by atoms with Gasteiger partial charge in [-0.2, -0.15) is 4.68 Å². The van der Waals surface area contributed by atoms with Gasteiger partial charge in [-0.3, -0.25) is 0 Å². The van der Waals surface area contributed by atoms with E-state index in [1.807, 2.05) is 36.4 Å². The van der Waals surface area contributed by atoms with Crippen molar-refractivity contribution in [3.8, 4) is 17.3 Å². The maximum Gasteiger partial charge on any atom is 0.232 e. The normalized spacial score (nSPS) is 11.1. The zero-order valence-corrected chi connectivity index (χ0v) is 11.5. The molecule has 21 heavy (non-hydrogen) atoms. The van der Waals surface area contributed by atoms with Gasteiger partial charge in [0.1, 0.15) is 0 Å². The Morgan fingerprint density at radius 2 is 1.81 bits per heavy atom. The third kappa shape index (κ3) is 2.05. The molecule has 0 spiro atoms. The van der Waals surface area contributed by atoms with Gasteiger partial charge >= 0.3 is 0 Å². The lowest BCUT2D eigenvalue weighted by Crippen LogP contribution is -2.01. The summed E-state index contributed by atoms with van der Waals surface area (Å²) in [7, 11) is 0. The number of halogens is 1. The summed E-state index contributed by atoms with van der Waals surface area (Å²) in [6.07, 6.45) is 0. The lowest BCUT2D eigenvalue weighted by atomic mass is 10.2. The quantitative estimate of drug-likeness (QED) is 0.617. The third-order valence-electron chi connectivity index (χ3n) is 3.15. The van der Waals surface area contributed by atoms with E-state index in [1.54, 1.807) is 16.8 Å². The lowest BCUT2D eigenvalue weighted by molar-refractivity contribution is 0.762. The van der Waals surface area contributed by atoms with Crippen LogP contribution in [0.3, 0.4) is 0 Å². The van der Waals surface area contributed by atoms with E-state index in [0.29, 0.717) is 16.8 Å². The Morgan fingerprint density at radius 1 is 1.00 bits per heavy atom. The van der Waals surface area contributed by atoms with Crippen molar-refractivity contribution < 1.29 is 0 Å². The molecule has 2 aromatic carbocycles. The molecule has 0 saturated heterocycles. The maximum absolute atomic E-state index is 5.91. The van der Waals surface area contributed by atoms with E-state index in [0.717, 1.165) is 16.6 Å². The summed E-state index contributed by atoms with van der Waals surface area (Å²) < 4.78 is 1.57. The Kier molecular flexibility index (Phi) is 2.68. The van der Waals surface area contributed by atoms with Crippen LogP contribution < -0.4 is 0 Å². The molecule has 4 rings (SSSR count). The Labute approximate surface area is 124 Å². The van der Waals surface area contributed by atoms with Crippen molar-refractivity contribution in [1.82, 2.24) is 30.2 Å². The summed E-state index contributed by atoms with van der Waals surface area (Å²) in [5, 5.41) is 12.5. The number of para-hydroxylation sites is 2. The predicted molar refractivity (Wildman–Crippen MR) is 79.3 cm³/mol. The van der Waals surface area contributed by atoms with E-state index in [2.05, 4.69) is 25.5 Å². The number of hydrogen-bond donors (Lipinski definition) is 1. The van der Waals surface area contributed by atoms with Crippen LogP contribution in [0.25, 0.3) is 28.4 Å². The Bertz CT molecular complexity index is 876. The Morgan fingerprint density at radius 3 is 2.62 bits per heavy atom. The first-order chi connectivity index (χ1) is 10.3. The molecule has 102 valence electrons. The van der Waals surface area contributed by atoms with Gasteiger partial charge in [0, 0.05) is 10.6 Å². The monoisotopic (exact) mass is 296 g/mol. The van der Waals surface area contributed by atoms with E-state index >= 15 is 0 Å². The fraction of sp³-hybridized carbons (Fsp3) is 0. The summed E-state index contributed by atoms with van der Waals surface area (Å²) >= 11 is 5.91. The van der Waals surface area contributed by atoms with Crippen LogP contribution in [-0.4, -0.2) is 30.2 Å². The van der Waals surface area contributed by atoms with Crippen LogP contribution in [0.4, 0.5) is 0 Å². The second-order valence-electron chi connectivity index (χ2n) is 4.50. The van der Waals surface area contributed by atoms with Crippen molar-refractivity contribution >= 4 is 22.6 Å². The second-order valence-corrected chi connectivity index (χ2v) is 4.94. The largest absolute Gasteiger partial charge is 0.322 e. The molecule has 0 aliphatic rings. The van der Waals surface area contributed by atoms with Gasteiger partial charge in [0.25, 0.3) is 0 Å². The molecule has 0 unspecified atom stereocenters. The van der Waals surface area contributed by atoms with Crippen molar-refractivity contribution in [3.63, 3.8) is 0 Å². The molecule has 1 N–H and O–H groups in total. The molecule has 0 aliphatic carbocycles. The van der Waals surface area contributed by atoms with Crippen molar-refractivity contribution in [3.05, 3.63) is 53.6 Å². The number of imidazole rings is 1.